The smallest absolute Gasteiger partial charge is 0.251 e. The summed E-state index contributed by atoms with van der Waals surface area (Å²) in [6, 6.07) is 1.62. The number of aromatic amines is 1. The van der Waals surface area contributed by atoms with Crippen LogP contribution in [0.1, 0.15) is 75.7 Å². The van der Waals surface area contributed by atoms with Gasteiger partial charge in [-0.15, -0.1) is 0 Å². The van der Waals surface area contributed by atoms with Crippen molar-refractivity contribution in [2.75, 3.05) is 6.54 Å². The topological polar surface area (TPSA) is 57.8 Å². The molecule has 1 aliphatic carbocycles. The average molecular weight is 277 g/mol. The van der Waals surface area contributed by atoms with Gasteiger partial charge in [-0.25, -0.2) is 4.98 Å². The normalized spacial score (nSPS) is 17.6. The Hall–Kier alpha value is -1.16. The van der Waals surface area contributed by atoms with E-state index < -0.39 is 0 Å². The molecule has 4 nitrogen and oxygen atoms in total. The molecule has 0 spiro atoms. The molecule has 0 atom stereocenters. The Morgan fingerprint density at radius 1 is 1.25 bits per heavy atom. The van der Waals surface area contributed by atoms with Gasteiger partial charge in [-0.05, 0) is 25.8 Å². The molecule has 1 aromatic rings. The predicted octanol–water partition coefficient (Wildman–Crippen LogP) is 3.10. The van der Waals surface area contributed by atoms with Gasteiger partial charge in [0.15, 0.2) is 0 Å². The number of nitrogens with one attached hydrogen (secondary N) is 2. The molecule has 0 saturated heterocycles. The number of H-pyrrole nitrogens is 1. The average Bonchev–Trinajstić information content (AvgIpc) is 2.38. The van der Waals surface area contributed by atoms with Crippen molar-refractivity contribution < 1.29 is 0 Å². The zero-order chi connectivity index (χ0) is 14.2. The number of hydrogen-bond acceptors (Lipinski definition) is 3. The Morgan fingerprint density at radius 2 is 1.95 bits per heavy atom. The van der Waals surface area contributed by atoms with Crippen LogP contribution in [0.3, 0.4) is 0 Å². The minimum absolute atomic E-state index is 0.00893. The van der Waals surface area contributed by atoms with Crippen molar-refractivity contribution in [2.45, 2.75) is 70.8 Å². The maximum Gasteiger partial charge on any atom is 0.251 e. The predicted molar refractivity (Wildman–Crippen MR) is 81.9 cm³/mol. The van der Waals surface area contributed by atoms with Crippen LogP contribution in [0.4, 0.5) is 0 Å². The molecule has 1 aromatic heterocycles. The summed E-state index contributed by atoms with van der Waals surface area (Å²) in [5.41, 5.74) is 0.865. The second kappa shape index (κ2) is 8.20. The van der Waals surface area contributed by atoms with Gasteiger partial charge >= 0.3 is 0 Å². The first kappa shape index (κ1) is 15.2. The zero-order valence-corrected chi connectivity index (χ0v) is 12.6. The summed E-state index contributed by atoms with van der Waals surface area (Å²) < 4.78 is 0. The first-order chi connectivity index (χ1) is 9.79. The van der Waals surface area contributed by atoms with Crippen molar-refractivity contribution in [1.29, 1.82) is 0 Å². The van der Waals surface area contributed by atoms with Gasteiger partial charge in [0.05, 0.1) is 5.69 Å². The van der Waals surface area contributed by atoms with Crippen LogP contribution >= 0.6 is 0 Å². The lowest BCUT2D eigenvalue weighted by atomic mass is 9.90. The van der Waals surface area contributed by atoms with Gasteiger partial charge in [0, 0.05) is 18.5 Å². The molecule has 0 aliphatic heterocycles. The molecular weight excluding hydrogens is 250 g/mol. The molecule has 2 rings (SSSR count). The molecule has 0 unspecified atom stereocenters. The summed E-state index contributed by atoms with van der Waals surface area (Å²) in [5.74, 6) is 1.35. The number of aromatic nitrogens is 2. The summed E-state index contributed by atoms with van der Waals surface area (Å²) in [4.78, 5) is 19.5. The van der Waals surface area contributed by atoms with Crippen molar-refractivity contribution >= 4 is 0 Å². The fraction of sp³-hybridized carbons (Fsp3) is 0.750. The molecule has 1 heterocycles. The monoisotopic (exact) mass is 277 g/mol. The van der Waals surface area contributed by atoms with E-state index in [-0.39, 0.29) is 5.56 Å². The summed E-state index contributed by atoms with van der Waals surface area (Å²) in [5, 5.41) is 3.32. The molecule has 0 radical (unpaired) electrons. The van der Waals surface area contributed by atoms with Gasteiger partial charge < -0.3 is 10.3 Å². The highest BCUT2D eigenvalue weighted by molar-refractivity contribution is 5.06. The Labute approximate surface area is 121 Å². The van der Waals surface area contributed by atoms with E-state index in [1.807, 2.05) is 0 Å². The maximum absolute atomic E-state index is 11.8. The van der Waals surface area contributed by atoms with Gasteiger partial charge in [-0.3, -0.25) is 4.79 Å². The molecule has 0 bridgehead atoms. The SMILES string of the molecule is CCCNCc1cc(=O)[nH]c(C2CCCCCCC2)n1. The van der Waals surface area contributed by atoms with Crippen molar-refractivity contribution in [2.24, 2.45) is 0 Å². The Bertz CT molecular complexity index is 447. The molecule has 1 saturated carbocycles. The van der Waals surface area contributed by atoms with Gasteiger partial charge in [-0.2, -0.15) is 0 Å². The van der Waals surface area contributed by atoms with Gasteiger partial charge in [0.2, 0.25) is 0 Å². The summed E-state index contributed by atoms with van der Waals surface area (Å²) in [7, 11) is 0. The first-order valence-electron chi connectivity index (χ1n) is 8.10. The number of hydrogen-bond donors (Lipinski definition) is 2. The fourth-order valence-electron chi connectivity index (χ4n) is 2.94. The molecule has 20 heavy (non-hydrogen) atoms. The highest BCUT2D eigenvalue weighted by Crippen LogP contribution is 2.28. The van der Waals surface area contributed by atoms with Crippen molar-refractivity contribution in [3.8, 4) is 0 Å². The fourth-order valence-corrected chi connectivity index (χ4v) is 2.94. The lowest BCUT2D eigenvalue weighted by Gasteiger charge is -2.19. The first-order valence-corrected chi connectivity index (χ1v) is 8.10. The van der Waals surface area contributed by atoms with E-state index in [0.29, 0.717) is 12.5 Å². The van der Waals surface area contributed by atoms with E-state index in [1.54, 1.807) is 6.07 Å². The van der Waals surface area contributed by atoms with Crippen molar-refractivity contribution in [1.82, 2.24) is 15.3 Å². The third-order valence-electron chi connectivity index (χ3n) is 4.04. The Balaban J connectivity index is 2.07. The van der Waals surface area contributed by atoms with Gasteiger partial charge in [0.1, 0.15) is 5.82 Å². The van der Waals surface area contributed by atoms with Crippen LogP contribution in [-0.4, -0.2) is 16.5 Å². The van der Waals surface area contributed by atoms with Gasteiger partial charge in [-0.1, -0.05) is 39.0 Å². The zero-order valence-electron chi connectivity index (χ0n) is 12.6. The van der Waals surface area contributed by atoms with Crippen molar-refractivity contribution in [3.63, 3.8) is 0 Å². The lowest BCUT2D eigenvalue weighted by molar-refractivity contribution is 0.440. The molecule has 112 valence electrons. The van der Waals surface area contributed by atoms with Crippen molar-refractivity contribution in [3.05, 3.63) is 27.9 Å². The number of nitrogens with zero attached hydrogens (tertiary/aromatic N) is 1. The van der Waals surface area contributed by atoms with Crippen LogP contribution in [0.5, 0.6) is 0 Å². The van der Waals surface area contributed by atoms with Crippen LogP contribution in [0.2, 0.25) is 0 Å². The molecule has 1 aliphatic rings. The minimum atomic E-state index is -0.00893. The molecule has 1 fully saturated rings. The molecule has 4 heteroatoms. The third kappa shape index (κ3) is 4.75. The molecular formula is C16H27N3O. The summed E-state index contributed by atoms with van der Waals surface area (Å²) in [6.07, 6.45) is 9.93. The maximum atomic E-state index is 11.8. The quantitative estimate of drug-likeness (QED) is 0.813. The van der Waals surface area contributed by atoms with E-state index in [9.17, 15) is 4.79 Å². The van der Waals surface area contributed by atoms with Crippen LogP contribution in [0, 0.1) is 0 Å². The van der Waals surface area contributed by atoms with Crippen LogP contribution in [0.15, 0.2) is 10.9 Å². The molecule has 0 aromatic carbocycles. The van der Waals surface area contributed by atoms with Crippen LogP contribution in [-0.2, 0) is 6.54 Å². The minimum Gasteiger partial charge on any atom is -0.311 e. The Morgan fingerprint density at radius 3 is 2.65 bits per heavy atom. The summed E-state index contributed by atoms with van der Waals surface area (Å²) >= 11 is 0. The van der Waals surface area contributed by atoms with E-state index in [2.05, 4.69) is 22.2 Å². The number of rotatable bonds is 5. The Kier molecular flexibility index (Phi) is 6.25. The highest BCUT2D eigenvalue weighted by Gasteiger charge is 2.16. The standard InChI is InChI=1S/C16H27N3O/c1-2-10-17-12-14-11-15(20)19-16(18-14)13-8-6-4-3-5-7-9-13/h11,13,17H,2-10,12H2,1H3,(H,18,19,20). The largest absolute Gasteiger partial charge is 0.311 e. The highest BCUT2D eigenvalue weighted by atomic mass is 16.1. The van der Waals surface area contributed by atoms with Gasteiger partial charge in [0.25, 0.3) is 5.56 Å². The molecule has 2 N–H and O–H groups in total. The molecule has 0 amide bonds. The third-order valence-corrected chi connectivity index (χ3v) is 4.04. The van der Waals surface area contributed by atoms with E-state index in [4.69, 9.17) is 0 Å². The van der Waals surface area contributed by atoms with Crippen LogP contribution in [0.25, 0.3) is 0 Å². The lowest BCUT2D eigenvalue weighted by Crippen LogP contribution is -2.21. The van der Waals surface area contributed by atoms with E-state index in [1.165, 1.54) is 32.1 Å². The second-order valence-corrected chi connectivity index (χ2v) is 5.84. The van der Waals surface area contributed by atoms with E-state index >= 15 is 0 Å². The summed E-state index contributed by atoms with van der Waals surface area (Å²) in [6.45, 7) is 3.79. The second-order valence-electron chi connectivity index (χ2n) is 5.84. The van der Waals surface area contributed by atoms with Crippen LogP contribution < -0.4 is 10.9 Å². The van der Waals surface area contributed by atoms with E-state index in [0.717, 1.165) is 37.3 Å².